The molecule has 1 fully saturated rings. The average molecular weight is 447 g/mol. The molecule has 0 spiro atoms. The molecule has 8 nitrogen and oxygen atoms in total. The predicted molar refractivity (Wildman–Crippen MR) is 124 cm³/mol. The summed E-state index contributed by atoms with van der Waals surface area (Å²) in [6.07, 6.45) is 1.84. The smallest absolute Gasteiger partial charge is 0.407 e. The van der Waals surface area contributed by atoms with E-state index in [9.17, 15) is 14.4 Å². The van der Waals surface area contributed by atoms with Crippen LogP contribution >= 0.6 is 0 Å². The Morgan fingerprint density at radius 3 is 2.45 bits per heavy atom. The van der Waals surface area contributed by atoms with Crippen molar-refractivity contribution in [3.63, 3.8) is 0 Å². The van der Waals surface area contributed by atoms with E-state index in [0.717, 1.165) is 12.1 Å². The minimum atomic E-state index is -0.511. The number of alkyl carbamates (subject to hydrolysis) is 1. The van der Waals surface area contributed by atoms with Crippen LogP contribution in [0.25, 0.3) is 5.69 Å². The highest BCUT2D eigenvalue weighted by Crippen LogP contribution is 2.11. The molecule has 0 unspecified atom stereocenters. The summed E-state index contributed by atoms with van der Waals surface area (Å²) in [4.78, 5) is 37.1. The zero-order chi connectivity index (χ0) is 23.0. The fraction of sp³-hybridized carbons (Fsp3) is 0.240. The lowest BCUT2D eigenvalue weighted by atomic mass is 10.0. The van der Waals surface area contributed by atoms with Crippen molar-refractivity contribution in [2.45, 2.75) is 25.1 Å². The van der Waals surface area contributed by atoms with Gasteiger partial charge in [-0.05, 0) is 48.9 Å². The first kappa shape index (κ1) is 22.3. The van der Waals surface area contributed by atoms with Gasteiger partial charge in [0.1, 0.15) is 6.61 Å². The van der Waals surface area contributed by atoms with E-state index in [0.29, 0.717) is 24.2 Å². The molecule has 0 bridgehead atoms. The maximum atomic E-state index is 12.8. The normalized spacial score (nSPS) is 17.7. The number of hydrogen-bond acceptors (Lipinski definition) is 5. The summed E-state index contributed by atoms with van der Waals surface area (Å²) in [6, 6.07) is 20.7. The summed E-state index contributed by atoms with van der Waals surface area (Å²) in [7, 11) is 0. The van der Waals surface area contributed by atoms with Crippen LogP contribution in [0.15, 0.2) is 83.8 Å². The van der Waals surface area contributed by atoms with E-state index in [1.807, 2.05) is 30.3 Å². The lowest BCUT2D eigenvalue weighted by Crippen LogP contribution is -2.59. The fourth-order valence-corrected chi connectivity index (χ4v) is 3.76. The third kappa shape index (κ3) is 5.87. The van der Waals surface area contributed by atoms with Crippen LogP contribution in [0.3, 0.4) is 0 Å². The average Bonchev–Trinajstić information content (AvgIpc) is 2.85. The minimum Gasteiger partial charge on any atom is -0.445 e. The van der Waals surface area contributed by atoms with Crippen LogP contribution in [0, 0.1) is 0 Å². The Bertz CT molecular complexity index is 1140. The van der Waals surface area contributed by atoms with Crippen LogP contribution < -0.4 is 21.5 Å². The zero-order valence-corrected chi connectivity index (χ0v) is 18.1. The van der Waals surface area contributed by atoms with Gasteiger partial charge in [0, 0.05) is 30.1 Å². The fourth-order valence-electron chi connectivity index (χ4n) is 3.76. The Hall–Kier alpha value is -3.91. The van der Waals surface area contributed by atoms with E-state index in [2.05, 4.69) is 16.0 Å². The molecule has 1 aromatic heterocycles. The topological polar surface area (TPSA) is 101 Å². The molecule has 1 aliphatic rings. The standard InChI is InChI=1S/C25H26N4O4/c30-23-8-4-5-15-29(23)20-11-9-19(10-12-20)24(31)27-22-16-26-14-13-21(22)28-25(32)33-17-18-6-2-1-3-7-18/h1-12,15,21-22,26H,13-14,16-17H2,(H,27,31)(H,28,32)/t21-,22+/m1/s1. The first-order valence-electron chi connectivity index (χ1n) is 10.9. The molecule has 1 saturated heterocycles. The van der Waals surface area contributed by atoms with E-state index in [1.165, 1.54) is 10.6 Å². The molecule has 2 amide bonds. The molecule has 33 heavy (non-hydrogen) atoms. The molecular weight excluding hydrogens is 420 g/mol. The number of piperidine rings is 1. The van der Waals surface area contributed by atoms with Crippen LogP contribution in [-0.2, 0) is 11.3 Å². The van der Waals surface area contributed by atoms with Crippen LogP contribution in [0.1, 0.15) is 22.3 Å². The number of carbonyl (C=O) groups excluding carboxylic acids is 2. The second-order valence-corrected chi connectivity index (χ2v) is 7.84. The van der Waals surface area contributed by atoms with Crippen molar-refractivity contribution < 1.29 is 14.3 Å². The maximum Gasteiger partial charge on any atom is 0.407 e. The summed E-state index contributed by atoms with van der Waals surface area (Å²) in [5, 5.41) is 9.12. The molecular formula is C25H26N4O4. The molecule has 0 saturated carbocycles. The van der Waals surface area contributed by atoms with Gasteiger partial charge in [-0.15, -0.1) is 0 Å². The van der Waals surface area contributed by atoms with E-state index in [1.54, 1.807) is 42.6 Å². The Balaban J connectivity index is 1.35. The van der Waals surface area contributed by atoms with Gasteiger partial charge >= 0.3 is 6.09 Å². The van der Waals surface area contributed by atoms with Crippen LogP contribution in [-0.4, -0.2) is 41.7 Å². The van der Waals surface area contributed by atoms with Crippen molar-refractivity contribution in [3.8, 4) is 5.69 Å². The number of hydrogen-bond donors (Lipinski definition) is 3. The van der Waals surface area contributed by atoms with Gasteiger partial charge in [0.2, 0.25) is 0 Å². The third-order valence-electron chi connectivity index (χ3n) is 5.54. The van der Waals surface area contributed by atoms with Gasteiger partial charge < -0.3 is 20.7 Å². The number of rotatable bonds is 6. The number of pyridine rings is 1. The lowest BCUT2D eigenvalue weighted by molar-refractivity contribution is 0.0909. The van der Waals surface area contributed by atoms with E-state index >= 15 is 0 Å². The quantitative estimate of drug-likeness (QED) is 0.539. The number of ether oxygens (including phenoxy) is 1. The van der Waals surface area contributed by atoms with E-state index < -0.39 is 6.09 Å². The second kappa shape index (κ2) is 10.6. The summed E-state index contributed by atoms with van der Waals surface area (Å²) in [6.45, 7) is 1.45. The number of nitrogens with one attached hydrogen (secondary N) is 3. The Morgan fingerprint density at radius 1 is 0.939 bits per heavy atom. The second-order valence-electron chi connectivity index (χ2n) is 7.84. The highest BCUT2D eigenvalue weighted by Gasteiger charge is 2.28. The molecule has 8 heteroatoms. The highest BCUT2D eigenvalue weighted by molar-refractivity contribution is 5.94. The Kier molecular flexibility index (Phi) is 7.16. The number of nitrogens with zero attached hydrogens (tertiary/aromatic N) is 1. The molecule has 1 aliphatic heterocycles. The first-order valence-corrected chi connectivity index (χ1v) is 10.9. The van der Waals surface area contributed by atoms with Crippen molar-refractivity contribution >= 4 is 12.0 Å². The minimum absolute atomic E-state index is 0.143. The molecule has 3 aromatic rings. The van der Waals surface area contributed by atoms with Crippen LogP contribution in [0.5, 0.6) is 0 Å². The van der Waals surface area contributed by atoms with Crippen LogP contribution in [0.2, 0.25) is 0 Å². The molecule has 4 rings (SSSR count). The molecule has 0 aliphatic carbocycles. The van der Waals surface area contributed by atoms with E-state index in [4.69, 9.17) is 4.74 Å². The maximum absolute atomic E-state index is 12.8. The van der Waals surface area contributed by atoms with Crippen molar-refractivity contribution in [1.29, 1.82) is 0 Å². The molecule has 170 valence electrons. The summed E-state index contributed by atoms with van der Waals surface area (Å²) in [5.41, 5.74) is 1.91. The monoisotopic (exact) mass is 446 g/mol. The van der Waals surface area contributed by atoms with Gasteiger partial charge in [0.05, 0.1) is 12.1 Å². The Labute approximate surface area is 191 Å². The van der Waals surface area contributed by atoms with Crippen molar-refractivity contribution in [2.75, 3.05) is 13.1 Å². The van der Waals surface area contributed by atoms with Gasteiger partial charge in [-0.2, -0.15) is 0 Å². The third-order valence-corrected chi connectivity index (χ3v) is 5.54. The molecule has 2 atom stereocenters. The lowest BCUT2D eigenvalue weighted by Gasteiger charge is -2.33. The van der Waals surface area contributed by atoms with Gasteiger partial charge in [0.25, 0.3) is 11.5 Å². The summed E-state index contributed by atoms with van der Waals surface area (Å²) in [5.74, 6) is -0.250. The number of amides is 2. The van der Waals surface area contributed by atoms with E-state index in [-0.39, 0.29) is 30.2 Å². The molecule has 0 radical (unpaired) electrons. The zero-order valence-electron chi connectivity index (χ0n) is 18.1. The number of carbonyl (C=O) groups is 2. The molecule has 3 N–H and O–H groups in total. The van der Waals surface area contributed by atoms with Gasteiger partial charge in [-0.3, -0.25) is 14.2 Å². The van der Waals surface area contributed by atoms with Gasteiger partial charge in [0.15, 0.2) is 0 Å². The SMILES string of the molecule is O=C(N[C@@H]1CCNC[C@@H]1NC(=O)c1ccc(-n2ccccc2=O)cc1)OCc1ccccc1. The van der Waals surface area contributed by atoms with Crippen molar-refractivity contribution in [1.82, 2.24) is 20.5 Å². The molecule has 2 heterocycles. The predicted octanol–water partition coefficient (Wildman–Crippen LogP) is 2.22. The van der Waals surface area contributed by atoms with Gasteiger partial charge in [-0.25, -0.2) is 4.79 Å². The molecule has 2 aromatic carbocycles. The number of benzene rings is 2. The Morgan fingerprint density at radius 2 is 1.70 bits per heavy atom. The van der Waals surface area contributed by atoms with Crippen LogP contribution in [0.4, 0.5) is 4.79 Å². The highest BCUT2D eigenvalue weighted by atomic mass is 16.5. The summed E-state index contributed by atoms with van der Waals surface area (Å²) >= 11 is 0. The van der Waals surface area contributed by atoms with Crippen molar-refractivity contribution in [2.24, 2.45) is 0 Å². The largest absolute Gasteiger partial charge is 0.445 e. The first-order chi connectivity index (χ1) is 16.1. The summed E-state index contributed by atoms with van der Waals surface area (Å²) < 4.78 is 6.83. The van der Waals surface area contributed by atoms with Gasteiger partial charge in [-0.1, -0.05) is 36.4 Å². The number of aromatic nitrogens is 1. The van der Waals surface area contributed by atoms with Crippen molar-refractivity contribution in [3.05, 3.63) is 100 Å².